The summed E-state index contributed by atoms with van der Waals surface area (Å²) in [6.45, 7) is 1.36. The molecule has 2 aromatic carbocycles. The number of aromatic nitrogens is 2. The Hall–Kier alpha value is -3.39. The first-order chi connectivity index (χ1) is 18.6. The van der Waals surface area contributed by atoms with Gasteiger partial charge in [-0.05, 0) is 53.2 Å². The van der Waals surface area contributed by atoms with Gasteiger partial charge in [-0.25, -0.2) is 5.48 Å². The summed E-state index contributed by atoms with van der Waals surface area (Å²) in [6, 6.07) is 8.49. The molecule has 9 nitrogen and oxygen atoms in total. The molecule has 204 valence electrons. The van der Waals surface area contributed by atoms with Gasteiger partial charge in [-0.2, -0.15) is 23.3 Å². The fourth-order valence-corrected chi connectivity index (χ4v) is 5.51. The summed E-state index contributed by atoms with van der Waals surface area (Å²) in [6.07, 6.45) is -1.27. The second-order valence-corrected chi connectivity index (χ2v) is 10.3. The summed E-state index contributed by atoms with van der Waals surface area (Å²) in [7, 11) is 1.36. The van der Waals surface area contributed by atoms with Crippen molar-refractivity contribution in [3.63, 3.8) is 0 Å². The van der Waals surface area contributed by atoms with Gasteiger partial charge in [0, 0.05) is 30.0 Å². The molecule has 0 bridgehead atoms. The zero-order valence-corrected chi connectivity index (χ0v) is 22.0. The number of hydroxylamine groups is 1. The third-order valence-corrected chi connectivity index (χ3v) is 7.51. The number of hydrogen-bond donors (Lipinski definition) is 2. The molecule has 5 rings (SSSR count). The van der Waals surface area contributed by atoms with E-state index in [9.17, 15) is 22.8 Å². The monoisotopic (exact) mass is 578 g/mol. The number of thioether (sulfide) groups is 1. The Morgan fingerprint density at radius 3 is 2.90 bits per heavy atom. The first-order valence-corrected chi connectivity index (χ1v) is 13.0. The normalized spacial score (nSPS) is 19.2. The Balaban J connectivity index is 1.32. The average molecular weight is 579 g/mol. The highest BCUT2D eigenvalue weighted by molar-refractivity contribution is 8.18. The molecule has 0 spiro atoms. The molecule has 0 aliphatic carbocycles. The highest BCUT2D eigenvalue weighted by Crippen LogP contribution is 2.35. The van der Waals surface area contributed by atoms with Crippen molar-refractivity contribution in [1.29, 1.82) is 0 Å². The van der Waals surface area contributed by atoms with Gasteiger partial charge >= 0.3 is 6.18 Å². The van der Waals surface area contributed by atoms with E-state index in [4.69, 9.17) is 11.6 Å². The molecular weight excluding hydrogens is 557 g/mol. The van der Waals surface area contributed by atoms with Gasteiger partial charge in [-0.1, -0.05) is 23.7 Å². The Labute approximate surface area is 230 Å². The Kier molecular flexibility index (Phi) is 7.67. The van der Waals surface area contributed by atoms with Gasteiger partial charge < -0.3 is 10.2 Å². The lowest BCUT2D eigenvalue weighted by Crippen LogP contribution is -2.57. The van der Waals surface area contributed by atoms with Crippen LogP contribution in [0.5, 0.6) is 0 Å². The van der Waals surface area contributed by atoms with Crippen molar-refractivity contribution < 1.29 is 27.6 Å². The first kappa shape index (κ1) is 27.2. The number of nitrogens with one attached hydrogen (secondary N) is 2. The van der Waals surface area contributed by atoms with E-state index in [2.05, 4.69) is 25.7 Å². The number of amides is 2. The number of alkyl halides is 3. The predicted molar refractivity (Wildman–Crippen MR) is 142 cm³/mol. The lowest BCUT2D eigenvalue weighted by molar-refractivity contribution is -0.138. The number of carbonyl (C=O) groups excluding carboxylic acids is 2. The minimum absolute atomic E-state index is 0.00825. The number of nitrogens with zero attached hydrogens (tertiary/aromatic N) is 4. The molecule has 39 heavy (non-hydrogen) atoms. The molecule has 0 radical (unpaired) electrons. The van der Waals surface area contributed by atoms with Gasteiger partial charge in [0.25, 0.3) is 11.8 Å². The van der Waals surface area contributed by atoms with Crippen molar-refractivity contribution in [1.82, 2.24) is 25.5 Å². The molecular formula is C25H22ClF3N6O3S. The van der Waals surface area contributed by atoms with E-state index in [1.165, 1.54) is 35.7 Å². The average Bonchev–Trinajstić information content (AvgIpc) is 3.47. The van der Waals surface area contributed by atoms with Crippen LogP contribution in [-0.2, 0) is 27.1 Å². The highest BCUT2D eigenvalue weighted by Gasteiger charge is 2.34. The van der Waals surface area contributed by atoms with Crippen molar-refractivity contribution in [2.75, 3.05) is 26.7 Å². The number of fused-ring (bicyclic) bond motifs is 1. The lowest BCUT2D eigenvalue weighted by Gasteiger charge is -2.33. The molecule has 1 aromatic heterocycles. The van der Waals surface area contributed by atoms with Crippen molar-refractivity contribution in [3.8, 4) is 0 Å². The third-order valence-electron chi connectivity index (χ3n) is 6.24. The van der Waals surface area contributed by atoms with E-state index >= 15 is 0 Å². The van der Waals surface area contributed by atoms with Crippen LogP contribution in [0.3, 0.4) is 0 Å². The number of halogens is 4. The zero-order valence-electron chi connectivity index (χ0n) is 20.5. The van der Waals surface area contributed by atoms with Crippen LogP contribution in [0, 0.1) is 0 Å². The van der Waals surface area contributed by atoms with E-state index in [0.717, 1.165) is 11.6 Å². The number of rotatable bonds is 5. The van der Waals surface area contributed by atoms with Gasteiger partial charge in [-0.15, -0.1) is 0 Å². The number of benzene rings is 2. The fraction of sp³-hybridized carbons (Fsp3) is 0.280. The van der Waals surface area contributed by atoms with Crippen LogP contribution in [0.15, 0.2) is 52.5 Å². The summed E-state index contributed by atoms with van der Waals surface area (Å²) in [5, 5.41) is 8.61. The molecule has 2 N–H and O–H groups in total. The fourth-order valence-electron chi connectivity index (χ4n) is 4.39. The molecule has 1 fully saturated rings. The molecule has 2 aliphatic heterocycles. The number of hydrogen-bond acceptors (Lipinski definition) is 7. The van der Waals surface area contributed by atoms with Crippen molar-refractivity contribution in [2.45, 2.75) is 18.8 Å². The van der Waals surface area contributed by atoms with Gasteiger partial charge in [-0.3, -0.25) is 19.1 Å². The lowest BCUT2D eigenvalue weighted by atomic mass is 10.1. The standard InChI is InChI=1S/C25H22ClF3N6O3S/c1-38-33-22(36)19-13-34(7-6-30-19)24-32-23(37)21(39-24)9-14-2-5-20-16(8-14)11-31-35(20)12-15-3-4-17(26)10-18(15)25(27,28)29/h2-5,8-11,19,30H,6-7,12-13H2,1H3,(H,33,36)/b21-9-. The van der Waals surface area contributed by atoms with E-state index in [1.54, 1.807) is 30.5 Å². The smallest absolute Gasteiger partial charge is 0.347 e. The van der Waals surface area contributed by atoms with Crippen LogP contribution in [0.2, 0.25) is 5.02 Å². The topological polar surface area (TPSA) is 101 Å². The van der Waals surface area contributed by atoms with E-state index in [0.29, 0.717) is 40.6 Å². The van der Waals surface area contributed by atoms with E-state index in [1.807, 2.05) is 4.90 Å². The Morgan fingerprint density at radius 1 is 1.31 bits per heavy atom. The second kappa shape index (κ2) is 11.0. The van der Waals surface area contributed by atoms with Crippen LogP contribution in [0.4, 0.5) is 13.2 Å². The van der Waals surface area contributed by atoms with Crippen molar-refractivity contribution >= 4 is 57.3 Å². The van der Waals surface area contributed by atoms with Crippen LogP contribution in [-0.4, -0.2) is 64.4 Å². The molecule has 2 amide bonds. The molecule has 1 unspecified atom stereocenters. The van der Waals surface area contributed by atoms with E-state index < -0.39 is 17.8 Å². The Bertz CT molecular complexity index is 1510. The first-order valence-electron chi connectivity index (χ1n) is 11.8. The maximum absolute atomic E-state index is 13.5. The van der Waals surface area contributed by atoms with Crippen LogP contribution in [0.1, 0.15) is 16.7 Å². The SMILES string of the molecule is CONC(=O)C1CN(C2=NC(=O)/C(=C/c3ccc4c(cnn4Cc4ccc(Cl)cc4C(F)(F)F)c3)S2)CCN1. The summed E-state index contributed by atoms with van der Waals surface area (Å²) < 4.78 is 42.0. The van der Waals surface area contributed by atoms with E-state index in [-0.39, 0.29) is 28.9 Å². The number of amidine groups is 1. The van der Waals surface area contributed by atoms with Gasteiger partial charge in [0.1, 0.15) is 6.04 Å². The molecule has 3 aromatic rings. The van der Waals surface area contributed by atoms with Crippen LogP contribution >= 0.6 is 23.4 Å². The van der Waals surface area contributed by atoms with Gasteiger partial charge in [0.15, 0.2) is 5.17 Å². The summed E-state index contributed by atoms with van der Waals surface area (Å²) >= 11 is 7.02. The number of aliphatic imine (C=N–C) groups is 1. The number of piperazine rings is 1. The van der Waals surface area contributed by atoms with Crippen LogP contribution < -0.4 is 10.8 Å². The minimum Gasteiger partial charge on any atom is -0.347 e. The number of carbonyl (C=O) groups is 2. The maximum atomic E-state index is 13.5. The minimum atomic E-state index is -4.54. The highest BCUT2D eigenvalue weighted by atomic mass is 35.5. The molecule has 1 saturated heterocycles. The largest absolute Gasteiger partial charge is 0.416 e. The third kappa shape index (κ3) is 5.96. The van der Waals surface area contributed by atoms with Crippen molar-refractivity contribution in [2.24, 2.45) is 4.99 Å². The molecule has 3 heterocycles. The van der Waals surface area contributed by atoms with Gasteiger partial charge in [0.2, 0.25) is 0 Å². The predicted octanol–water partition coefficient (Wildman–Crippen LogP) is 3.68. The Morgan fingerprint density at radius 2 is 2.13 bits per heavy atom. The maximum Gasteiger partial charge on any atom is 0.416 e. The molecule has 0 saturated carbocycles. The van der Waals surface area contributed by atoms with Crippen LogP contribution in [0.25, 0.3) is 17.0 Å². The van der Waals surface area contributed by atoms with Crippen molar-refractivity contribution in [3.05, 3.63) is 69.2 Å². The molecule has 14 heteroatoms. The summed E-state index contributed by atoms with van der Waals surface area (Å²) in [5.41, 5.74) is 2.91. The second-order valence-electron chi connectivity index (χ2n) is 8.85. The summed E-state index contributed by atoms with van der Waals surface area (Å²) in [5.74, 6) is -0.697. The molecule has 2 aliphatic rings. The van der Waals surface area contributed by atoms with Gasteiger partial charge in [0.05, 0.1) is 35.8 Å². The zero-order chi connectivity index (χ0) is 27.7. The molecule has 1 atom stereocenters. The quantitative estimate of drug-likeness (QED) is 0.352. The summed E-state index contributed by atoms with van der Waals surface area (Å²) in [4.78, 5) is 35.9.